The van der Waals surface area contributed by atoms with E-state index in [1.807, 2.05) is 7.05 Å². The largest absolute Gasteiger partial charge is 0.313 e. The number of rotatable bonds is 4. The molecule has 0 atom stereocenters. The highest BCUT2D eigenvalue weighted by Crippen LogP contribution is 2.05. The van der Waals surface area contributed by atoms with Gasteiger partial charge in [-0.05, 0) is 24.7 Å². The molecule has 1 aromatic heterocycles. The van der Waals surface area contributed by atoms with Gasteiger partial charge in [0.25, 0.3) is 0 Å². The number of hydrogen-bond acceptors (Lipinski definition) is 3. The van der Waals surface area contributed by atoms with Crippen molar-refractivity contribution in [2.45, 2.75) is 13.1 Å². The van der Waals surface area contributed by atoms with Gasteiger partial charge in [-0.3, -0.25) is 0 Å². The number of hydrogen-bond donors (Lipinski definition) is 1. The summed E-state index contributed by atoms with van der Waals surface area (Å²) in [5, 5.41) is 7.15. The summed E-state index contributed by atoms with van der Waals surface area (Å²) in [5.41, 5.74) is 1.00. The maximum absolute atomic E-state index is 12.7. The number of halogens is 1. The molecule has 0 aliphatic rings. The summed E-state index contributed by atoms with van der Waals surface area (Å²) in [6.45, 7) is 1.28. The second kappa shape index (κ2) is 4.85. The number of benzene rings is 1. The summed E-state index contributed by atoms with van der Waals surface area (Å²) in [5.74, 6) is 0.643. The van der Waals surface area contributed by atoms with Crippen molar-refractivity contribution < 1.29 is 4.39 Å². The molecule has 0 aliphatic carbocycles. The van der Waals surface area contributed by atoms with Gasteiger partial charge in [-0.25, -0.2) is 14.1 Å². The smallest absolute Gasteiger partial charge is 0.141 e. The third-order valence-electron chi connectivity index (χ3n) is 2.28. The Labute approximate surface area is 93.1 Å². The molecule has 5 heteroatoms. The highest BCUT2D eigenvalue weighted by molar-refractivity contribution is 5.16. The molecule has 0 unspecified atom stereocenters. The van der Waals surface area contributed by atoms with Crippen LogP contribution in [0.2, 0.25) is 0 Å². The first-order valence-electron chi connectivity index (χ1n) is 5.05. The first kappa shape index (κ1) is 10.8. The van der Waals surface area contributed by atoms with Crippen LogP contribution in [0.4, 0.5) is 4.39 Å². The van der Waals surface area contributed by atoms with E-state index in [0.29, 0.717) is 13.1 Å². The Morgan fingerprint density at radius 3 is 2.75 bits per heavy atom. The van der Waals surface area contributed by atoms with Gasteiger partial charge in [0.05, 0.1) is 13.1 Å². The van der Waals surface area contributed by atoms with Crippen molar-refractivity contribution in [2.75, 3.05) is 7.05 Å². The number of nitrogens with one attached hydrogen (secondary N) is 1. The lowest BCUT2D eigenvalue weighted by Crippen LogP contribution is -2.14. The van der Waals surface area contributed by atoms with Crippen molar-refractivity contribution in [1.29, 1.82) is 0 Å². The van der Waals surface area contributed by atoms with E-state index < -0.39 is 0 Å². The topological polar surface area (TPSA) is 42.7 Å². The fourth-order valence-electron chi connectivity index (χ4n) is 1.48. The molecule has 0 saturated heterocycles. The first-order valence-corrected chi connectivity index (χ1v) is 5.05. The molecular weight excluding hydrogens is 207 g/mol. The fourth-order valence-corrected chi connectivity index (χ4v) is 1.48. The Hall–Kier alpha value is -1.75. The molecule has 0 aliphatic heterocycles. The molecule has 84 valence electrons. The van der Waals surface area contributed by atoms with E-state index in [2.05, 4.69) is 15.4 Å². The molecular formula is C11H13FN4. The van der Waals surface area contributed by atoms with E-state index in [1.165, 1.54) is 18.5 Å². The third-order valence-corrected chi connectivity index (χ3v) is 2.28. The van der Waals surface area contributed by atoms with E-state index in [0.717, 1.165) is 11.4 Å². The van der Waals surface area contributed by atoms with Gasteiger partial charge in [-0.1, -0.05) is 12.1 Å². The minimum Gasteiger partial charge on any atom is -0.313 e. The second-order valence-corrected chi connectivity index (χ2v) is 3.49. The Kier molecular flexibility index (Phi) is 3.26. The standard InChI is InChI=1S/C11H13FN4/c1-13-6-11-14-8-15-16(11)7-9-2-4-10(12)5-3-9/h2-5,8,13H,6-7H2,1H3. The SMILES string of the molecule is CNCc1ncnn1Cc1ccc(F)cc1. The highest BCUT2D eigenvalue weighted by atomic mass is 19.1. The molecule has 1 N–H and O–H groups in total. The molecule has 0 fully saturated rings. The van der Waals surface area contributed by atoms with Crippen molar-refractivity contribution in [2.24, 2.45) is 0 Å². The summed E-state index contributed by atoms with van der Waals surface area (Å²) in [4.78, 5) is 4.13. The lowest BCUT2D eigenvalue weighted by Gasteiger charge is -2.05. The predicted octanol–water partition coefficient (Wildman–Crippen LogP) is 1.18. The zero-order valence-corrected chi connectivity index (χ0v) is 9.02. The first-order chi connectivity index (χ1) is 7.79. The lowest BCUT2D eigenvalue weighted by atomic mass is 10.2. The van der Waals surface area contributed by atoms with Crippen LogP contribution in [0.15, 0.2) is 30.6 Å². The van der Waals surface area contributed by atoms with Gasteiger partial charge >= 0.3 is 0 Å². The Bertz CT molecular complexity index is 449. The zero-order valence-electron chi connectivity index (χ0n) is 9.02. The fraction of sp³-hybridized carbons (Fsp3) is 0.273. The van der Waals surface area contributed by atoms with Crippen molar-refractivity contribution in [3.8, 4) is 0 Å². The van der Waals surface area contributed by atoms with Crippen molar-refractivity contribution >= 4 is 0 Å². The third kappa shape index (κ3) is 2.43. The lowest BCUT2D eigenvalue weighted by molar-refractivity contribution is 0.607. The number of aromatic nitrogens is 3. The van der Waals surface area contributed by atoms with Crippen LogP contribution in [0.5, 0.6) is 0 Å². The molecule has 4 nitrogen and oxygen atoms in total. The Balaban J connectivity index is 2.13. The molecule has 16 heavy (non-hydrogen) atoms. The second-order valence-electron chi connectivity index (χ2n) is 3.49. The van der Waals surface area contributed by atoms with Gasteiger partial charge in [0.1, 0.15) is 18.0 Å². The molecule has 2 aromatic rings. The van der Waals surface area contributed by atoms with Crippen LogP contribution < -0.4 is 5.32 Å². The van der Waals surface area contributed by atoms with Gasteiger partial charge < -0.3 is 5.32 Å². The van der Waals surface area contributed by atoms with Gasteiger partial charge in [-0.2, -0.15) is 5.10 Å². The Morgan fingerprint density at radius 2 is 2.06 bits per heavy atom. The molecule has 1 heterocycles. The van der Waals surface area contributed by atoms with Crippen LogP contribution >= 0.6 is 0 Å². The van der Waals surface area contributed by atoms with E-state index in [9.17, 15) is 4.39 Å². The van der Waals surface area contributed by atoms with Crippen molar-refractivity contribution in [3.63, 3.8) is 0 Å². The minimum atomic E-state index is -0.224. The summed E-state index contributed by atoms with van der Waals surface area (Å²) in [6.07, 6.45) is 1.52. The summed E-state index contributed by atoms with van der Waals surface area (Å²) in [7, 11) is 1.86. The van der Waals surface area contributed by atoms with Crippen LogP contribution in [-0.4, -0.2) is 21.8 Å². The van der Waals surface area contributed by atoms with E-state index in [-0.39, 0.29) is 5.82 Å². The predicted molar refractivity (Wildman–Crippen MR) is 58.3 cm³/mol. The van der Waals surface area contributed by atoms with Gasteiger partial charge in [-0.15, -0.1) is 0 Å². The minimum absolute atomic E-state index is 0.224. The highest BCUT2D eigenvalue weighted by Gasteiger charge is 2.03. The molecule has 1 aromatic carbocycles. The van der Waals surface area contributed by atoms with Crippen molar-refractivity contribution in [1.82, 2.24) is 20.1 Å². The quantitative estimate of drug-likeness (QED) is 0.841. The van der Waals surface area contributed by atoms with E-state index in [1.54, 1.807) is 16.8 Å². The average Bonchev–Trinajstić information content (AvgIpc) is 2.70. The van der Waals surface area contributed by atoms with Gasteiger partial charge in [0, 0.05) is 0 Å². The maximum atomic E-state index is 12.7. The molecule has 0 saturated carbocycles. The van der Waals surface area contributed by atoms with Gasteiger partial charge in [0.15, 0.2) is 0 Å². The number of nitrogens with zero attached hydrogens (tertiary/aromatic N) is 3. The van der Waals surface area contributed by atoms with Crippen LogP contribution in [-0.2, 0) is 13.1 Å². The van der Waals surface area contributed by atoms with Crippen LogP contribution in [0, 0.1) is 5.82 Å². The molecule has 2 rings (SSSR count). The Morgan fingerprint density at radius 1 is 1.31 bits per heavy atom. The van der Waals surface area contributed by atoms with Gasteiger partial charge in [0.2, 0.25) is 0 Å². The van der Waals surface area contributed by atoms with E-state index in [4.69, 9.17) is 0 Å². The monoisotopic (exact) mass is 220 g/mol. The molecule has 0 radical (unpaired) electrons. The van der Waals surface area contributed by atoms with Crippen LogP contribution in [0.3, 0.4) is 0 Å². The molecule has 0 bridgehead atoms. The normalized spacial score (nSPS) is 10.6. The van der Waals surface area contributed by atoms with E-state index >= 15 is 0 Å². The molecule has 0 spiro atoms. The van der Waals surface area contributed by atoms with Crippen molar-refractivity contribution in [3.05, 3.63) is 47.8 Å². The summed E-state index contributed by atoms with van der Waals surface area (Å²) in [6, 6.07) is 6.40. The van der Waals surface area contributed by atoms with Crippen LogP contribution in [0.25, 0.3) is 0 Å². The molecule has 0 amide bonds. The summed E-state index contributed by atoms with van der Waals surface area (Å²) >= 11 is 0. The average molecular weight is 220 g/mol. The zero-order chi connectivity index (χ0) is 11.4. The maximum Gasteiger partial charge on any atom is 0.141 e. The summed E-state index contributed by atoms with van der Waals surface area (Å²) < 4.78 is 14.5. The van der Waals surface area contributed by atoms with Crippen LogP contribution in [0.1, 0.15) is 11.4 Å².